The molecule has 0 N–H and O–H groups in total. The van der Waals surface area contributed by atoms with Crippen LogP contribution in [-0.2, 0) is 4.74 Å². The van der Waals surface area contributed by atoms with Crippen molar-refractivity contribution in [3.8, 4) is 0 Å². The zero-order valence-electron chi connectivity index (χ0n) is 10.1. The maximum absolute atomic E-state index is 12.5. The van der Waals surface area contributed by atoms with Crippen molar-refractivity contribution in [2.24, 2.45) is 0 Å². The third-order valence-corrected chi connectivity index (χ3v) is 5.39. The van der Waals surface area contributed by atoms with Crippen LogP contribution in [0.2, 0.25) is 0 Å². The quantitative estimate of drug-likeness (QED) is 0.791. The van der Waals surface area contributed by atoms with Crippen molar-refractivity contribution in [1.29, 1.82) is 0 Å². The van der Waals surface area contributed by atoms with E-state index in [1.54, 1.807) is 0 Å². The van der Waals surface area contributed by atoms with Crippen molar-refractivity contribution >= 4 is 33.2 Å². The fourth-order valence-corrected chi connectivity index (χ4v) is 4.26. The van der Waals surface area contributed by atoms with Gasteiger partial charge in [-0.1, -0.05) is 12.8 Å². The number of hydrogen-bond acceptors (Lipinski definition) is 3. The van der Waals surface area contributed by atoms with Crippen LogP contribution < -0.4 is 0 Å². The van der Waals surface area contributed by atoms with Gasteiger partial charge in [-0.05, 0) is 40.9 Å². The third-order valence-electron chi connectivity index (χ3n) is 3.78. The van der Waals surface area contributed by atoms with E-state index in [2.05, 4.69) is 15.9 Å². The zero-order chi connectivity index (χ0) is 12.5. The molecule has 2 fully saturated rings. The van der Waals surface area contributed by atoms with E-state index in [9.17, 15) is 4.79 Å². The van der Waals surface area contributed by atoms with Gasteiger partial charge in [0.2, 0.25) is 0 Å². The lowest BCUT2D eigenvalue weighted by molar-refractivity contribution is -0.0751. The summed E-state index contributed by atoms with van der Waals surface area (Å²) in [5.41, 5.74) is 0. The molecule has 2 heterocycles. The lowest BCUT2D eigenvalue weighted by Gasteiger charge is -2.43. The van der Waals surface area contributed by atoms with E-state index in [-0.39, 0.29) is 12.0 Å². The van der Waals surface area contributed by atoms with Crippen LogP contribution in [0, 0.1) is 0 Å². The highest BCUT2D eigenvalue weighted by atomic mass is 79.9. The highest BCUT2D eigenvalue weighted by Gasteiger charge is 2.37. The van der Waals surface area contributed by atoms with Gasteiger partial charge >= 0.3 is 0 Å². The van der Waals surface area contributed by atoms with Gasteiger partial charge in [0, 0.05) is 6.54 Å². The lowest BCUT2D eigenvalue weighted by Crippen LogP contribution is -2.54. The van der Waals surface area contributed by atoms with Crippen LogP contribution in [0.1, 0.15) is 35.4 Å². The molecule has 1 saturated carbocycles. The molecular formula is C13H16BrNO2S. The van der Waals surface area contributed by atoms with Gasteiger partial charge in [0.1, 0.15) is 0 Å². The van der Waals surface area contributed by atoms with E-state index in [1.165, 1.54) is 24.2 Å². The van der Waals surface area contributed by atoms with E-state index in [0.717, 1.165) is 28.0 Å². The molecule has 0 spiro atoms. The Morgan fingerprint density at radius 1 is 1.39 bits per heavy atom. The highest BCUT2D eigenvalue weighted by molar-refractivity contribution is 9.11. The van der Waals surface area contributed by atoms with Crippen molar-refractivity contribution in [2.75, 3.05) is 13.2 Å². The molecule has 1 amide bonds. The number of morpholine rings is 1. The van der Waals surface area contributed by atoms with Crippen molar-refractivity contribution in [3.05, 3.63) is 20.8 Å². The molecule has 0 bridgehead atoms. The number of nitrogens with zero attached hydrogens (tertiary/aromatic N) is 1. The fraction of sp³-hybridized carbons (Fsp3) is 0.615. The summed E-state index contributed by atoms with van der Waals surface area (Å²) in [6, 6.07) is 4.14. The first kappa shape index (κ1) is 12.6. The predicted molar refractivity (Wildman–Crippen MR) is 75.1 cm³/mol. The first-order valence-electron chi connectivity index (χ1n) is 6.43. The largest absolute Gasteiger partial charge is 0.374 e. The van der Waals surface area contributed by atoms with Crippen molar-refractivity contribution in [3.63, 3.8) is 0 Å². The minimum atomic E-state index is 0.172. The van der Waals surface area contributed by atoms with Gasteiger partial charge in [-0.25, -0.2) is 0 Å². The van der Waals surface area contributed by atoms with Crippen LogP contribution in [0.25, 0.3) is 0 Å². The number of amides is 1. The highest BCUT2D eigenvalue weighted by Crippen LogP contribution is 2.31. The van der Waals surface area contributed by atoms with Crippen LogP contribution in [0.15, 0.2) is 15.9 Å². The molecule has 0 unspecified atom stereocenters. The van der Waals surface area contributed by atoms with Crippen molar-refractivity contribution in [1.82, 2.24) is 4.90 Å². The summed E-state index contributed by atoms with van der Waals surface area (Å²) in [4.78, 5) is 15.4. The number of carbonyl (C=O) groups excluding carboxylic acids is 1. The molecule has 3 rings (SSSR count). The van der Waals surface area contributed by atoms with E-state index in [4.69, 9.17) is 4.74 Å². The number of thiophene rings is 1. The van der Waals surface area contributed by atoms with E-state index in [1.807, 2.05) is 17.0 Å². The second-order valence-corrected chi connectivity index (χ2v) is 7.33. The molecule has 0 radical (unpaired) electrons. The Morgan fingerprint density at radius 3 is 3.00 bits per heavy atom. The maximum atomic E-state index is 12.5. The average Bonchev–Trinajstić information content (AvgIpc) is 2.84. The normalized spacial score (nSPS) is 27.9. The Morgan fingerprint density at radius 2 is 2.22 bits per heavy atom. The summed E-state index contributed by atoms with van der Waals surface area (Å²) in [5.74, 6) is 0.172. The summed E-state index contributed by atoms with van der Waals surface area (Å²) in [7, 11) is 0. The molecule has 5 heteroatoms. The Hall–Kier alpha value is -0.390. The van der Waals surface area contributed by atoms with E-state index in [0.29, 0.717) is 12.6 Å². The fourth-order valence-electron chi connectivity index (χ4n) is 2.92. The van der Waals surface area contributed by atoms with Gasteiger partial charge in [0.25, 0.3) is 5.91 Å². The Bertz CT molecular complexity index is 446. The summed E-state index contributed by atoms with van der Waals surface area (Å²) in [6.07, 6.45) is 4.89. The minimum Gasteiger partial charge on any atom is -0.374 e. The van der Waals surface area contributed by atoms with Crippen LogP contribution >= 0.6 is 27.3 Å². The molecule has 3 nitrogen and oxygen atoms in total. The number of hydrogen-bond donors (Lipinski definition) is 0. The zero-order valence-corrected chi connectivity index (χ0v) is 12.5. The molecule has 1 aliphatic heterocycles. The number of fused-ring (bicyclic) bond motifs is 1. The van der Waals surface area contributed by atoms with Crippen LogP contribution in [0.5, 0.6) is 0 Å². The van der Waals surface area contributed by atoms with Gasteiger partial charge in [0.15, 0.2) is 0 Å². The van der Waals surface area contributed by atoms with Crippen LogP contribution in [-0.4, -0.2) is 36.1 Å². The molecule has 1 aliphatic carbocycles. The van der Waals surface area contributed by atoms with Gasteiger partial charge in [-0.3, -0.25) is 4.79 Å². The molecule has 0 aromatic carbocycles. The van der Waals surface area contributed by atoms with Crippen molar-refractivity contribution < 1.29 is 9.53 Å². The second kappa shape index (κ2) is 5.31. The second-order valence-electron chi connectivity index (χ2n) is 4.86. The summed E-state index contributed by atoms with van der Waals surface area (Å²) in [5, 5.41) is 0. The Labute approximate surface area is 119 Å². The summed E-state index contributed by atoms with van der Waals surface area (Å²) in [6.45, 7) is 1.41. The lowest BCUT2D eigenvalue weighted by atomic mass is 9.90. The third kappa shape index (κ3) is 2.36. The number of halogens is 1. The minimum absolute atomic E-state index is 0.172. The molecule has 98 valence electrons. The van der Waals surface area contributed by atoms with Gasteiger partial charge < -0.3 is 9.64 Å². The van der Waals surface area contributed by atoms with Gasteiger partial charge in [-0.2, -0.15) is 0 Å². The topological polar surface area (TPSA) is 29.5 Å². The van der Waals surface area contributed by atoms with E-state index >= 15 is 0 Å². The molecule has 2 aliphatic rings. The first-order valence-corrected chi connectivity index (χ1v) is 8.04. The van der Waals surface area contributed by atoms with Crippen molar-refractivity contribution in [2.45, 2.75) is 37.8 Å². The molecule has 1 aromatic rings. The van der Waals surface area contributed by atoms with Crippen LogP contribution in [0.4, 0.5) is 0 Å². The maximum Gasteiger partial charge on any atom is 0.264 e. The molecule has 1 saturated heterocycles. The van der Waals surface area contributed by atoms with E-state index < -0.39 is 0 Å². The summed E-state index contributed by atoms with van der Waals surface area (Å²) >= 11 is 4.93. The SMILES string of the molecule is O=C(c1ccc(Br)s1)N1CCO[C@@H]2CCCC[C@H]21. The van der Waals surface area contributed by atoms with Crippen LogP contribution in [0.3, 0.4) is 0 Å². The van der Waals surface area contributed by atoms with Gasteiger partial charge in [0.05, 0.1) is 27.4 Å². The molecule has 18 heavy (non-hydrogen) atoms. The van der Waals surface area contributed by atoms with Gasteiger partial charge in [-0.15, -0.1) is 11.3 Å². The Kier molecular flexibility index (Phi) is 3.73. The smallest absolute Gasteiger partial charge is 0.264 e. The standard InChI is InChI=1S/C13H16BrNO2S/c14-12-6-5-11(18-12)13(16)15-7-8-17-10-4-2-1-3-9(10)15/h5-6,9-10H,1-4,7-8H2/t9-,10-/m1/s1. The average molecular weight is 330 g/mol. The predicted octanol–water partition coefficient (Wildman–Crippen LogP) is 3.29. The number of rotatable bonds is 1. The molecule has 2 atom stereocenters. The molecule has 1 aromatic heterocycles. The number of ether oxygens (including phenoxy) is 1. The number of carbonyl (C=O) groups is 1. The summed E-state index contributed by atoms with van der Waals surface area (Å²) < 4.78 is 6.82. The molecular weight excluding hydrogens is 314 g/mol. The Balaban J connectivity index is 1.79. The monoisotopic (exact) mass is 329 g/mol. The first-order chi connectivity index (χ1) is 8.75.